The van der Waals surface area contributed by atoms with Crippen LogP contribution in [0, 0.1) is 0 Å². The van der Waals surface area contributed by atoms with Gasteiger partial charge < -0.3 is 4.57 Å². The second kappa shape index (κ2) is 14.9. The molecule has 71 heavy (non-hydrogen) atoms. The van der Waals surface area contributed by atoms with Gasteiger partial charge >= 0.3 is 0 Å². The van der Waals surface area contributed by atoms with Crippen molar-refractivity contribution in [3.63, 3.8) is 0 Å². The Bertz CT molecular complexity index is 4500. The average Bonchev–Trinajstić information content (AvgIpc) is 4.04. The Balaban J connectivity index is 0.953. The Kier molecular flexibility index (Phi) is 8.35. The molecule has 3 aromatic heterocycles. The van der Waals surface area contributed by atoms with Gasteiger partial charge in [0.05, 0.1) is 22.1 Å². The van der Waals surface area contributed by atoms with Crippen LogP contribution in [0.5, 0.6) is 0 Å². The standard InChI is InChI=1S/C66H43N5/c1-66(2)57-25-13-10-22-50(57)51-35-31-43(39-58(51)66)64-67-63(41-16-4-3-5-17-41)68-65(69-64)71-60-27-15-12-24-53(60)55-37-36-54-52-23-11-14-26-59(52)70(61(54)62(55)71)44-32-28-40(29-33-44)42-30-34-49-47-20-7-6-18-45(47)46-19-8-9-21-48(46)56(49)38-42/h3-39H,1-2H3. The van der Waals surface area contributed by atoms with Crippen molar-refractivity contribution in [3.8, 4) is 56.7 Å². The van der Waals surface area contributed by atoms with Crippen molar-refractivity contribution in [1.82, 2.24) is 24.1 Å². The van der Waals surface area contributed by atoms with Crippen LogP contribution in [0.1, 0.15) is 25.0 Å². The van der Waals surface area contributed by atoms with Gasteiger partial charge in [-0.2, -0.15) is 9.97 Å². The molecule has 0 radical (unpaired) electrons. The molecule has 0 atom stereocenters. The van der Waals surface area contributed by atoms with Crippen LogP contribution in [0.4, 0.5) is 0 Å². The first-order valence-electron chi connectivity index (χ1n) is 24.4. The minimum atomic E-state index is -0.177. The van der Waals surface area contributed by atoms with E-state index in [1.807, 2.05) is 18.2 Å². The van der Waals surface area contributed by atoms with Crippen molar-refractivity contribution < 1.29 is 0 Å². The molecule has 1 aliphatic rings. The fourth-order valence-electron chi connectivity index (χ4n) is 12.0. The molecule has 0 saturated heterocycles. The molecule has 11 aromatic carbocycles. The Labute approximate surface area is 409 Å². The highest BCUT2D eigenvalue weighted by Crippen LogP contribution is 2.50. The van der Waals surface area contributed by atoms with Gasteiger partial charge in [0.25, 0.3) is 0 Å². The lowest BCUT2D eigenvalue weighted by molar-refractivity contribution is 0.660. The van der Waals surface area contributed by atoms with Crippen LogP contribution < -0.4 is 0 Å². The number of hydrogen-bond acceptors (Lipinski definition) is 3. The molecule has 0 saturated carbocycles. The van der Waals surface area contributed by atoms with Crippen LogP contribution in [0.25, 0.3) is 133 Å². The van der Waals surface area contributed by atoms with Crippen molar-refractivity contribution in [2.45, 2.75) is 19.3 Å². The second-order valence-electron chi connectivity index (χ2n) is 19.5. The molecular weight excluding hydrogens is 863 g/mol. The third-order valence-corrected chi connectivity index (χ3v) is 15.4. The number of fused-ring (bicyclic) bond motifs is 16. The molecule has 14 aromatic rings. The molecule has 15 rings (SSSR count). The van der Waals surface area contributed by atoms with Gasteiger partial charge in [0.2, 0.25) is 5.95 Å². The summed E-state index contributed by atoms with van der Waals surface area (Å²) in [7, 11) is 0. The molecule has 5 heteroatoms. The summed E-state index contributed by atoms with van der Waals surface area (Å²) < 4.78 is 4.72. The number of benzene rings is 11. The summed E-state index contributed by atoms with van der Waals surface area (Å²) in [6.45, 7) is 4.64. The Morgan fingerprint density at radius 3 is 1.46 bits per heavy atom. The number of para-hydroxylation sites is 2. The van der Waals surface area contributed by atoms with Gasteiger partial charge in [-0.3, -0.25) is 4.57 Å². The zero-order chi connectivity index (χ0) is 47.0. The summed E-state index contributed by atoms with van der Waals surface area (Å²) in [4.78, 5) is 16.2. The summed E-state index contributed by atoms with van der Waals surface area (Å²) in [5.74, 6) is 1.82. The van der Waals surface area contributed by atoms with E-state index >= 15 is 0 Å². The van der Waals surface area contributed by atoms with Crippen LogP contribution in [0.15, 0.2) is 224 Å². The van der Waals surface area contributed by atoms with Crippen LogP contribution >= 0.6 is 0 Å². The smallest absolute Gasteiger partial charge is 0.238 e. The molecule has 0 N–H and O–H groups in total. The van der Waals surface area contributed by atoms with Crippen LogP contribution in [-0.4, -0.2) is 24.1 Å². The van der Waals surface area contributed by atoms with E-state index in [1.54, 1.807) is 0 Å². The molecule has 332 valence electrons. The predicted molar refractivity (Wildman–Crippen MR) is 295 cm³/mol. The lowest BCUT2D eigenvalue weighted by atomic mass is 9.82. The number of aromatic nitrogens is 5. The SMILES string of the molecule is CC1(C)c2ccccc2-c2ccc(-c3nc(-c4ccccc4)nc(-n4c5ccccc5c5ccc6c7ccccc7n(-c7ccc(-c8ccc9c%10ccccc%10c%10ccccc%10c9c8)cc7)c6c54)n3)cc21. The highest BCUT2D eigenvalue weighted by Gasteiger charge is 2.35. The van der Waals surface area contributed by atoms with Crippen molar-refractivity contribution in [2.24, 2.45) is 0 Å². The molecular formula is C66H43N5. The van der Waals surface area contributed by atoms with Gasteiger partial charge in [0.15, 0.2) is 11.6 Å². The molecule has 0 fully saturated rings. The third-order valence-electron chi connectivity index (χ3n) is 15.4. The Morgan fingerprint density at radius 2 is 0.789 bits per heavy atom. The molecule has 0 unspecified atom stereocenters. The van der Waals surface area contributed by atoms with Crippen LogP contribution in [-0.2, 0) is 5.41 Å². The molecule has 1 aliphatic carbocycles. The van der Waals surface area contributed by atoms with Crippen molar-refractivity contribution in [3.05, 3.63) is 236 Å². The summed E-state index contributed by atoms with van der Waals surface area (Å²) in [6, 6.07) is 81.4. The van der Waals surface area contributed by atoms with E-state index < -0.39 is 0 Å². The first-order chi connectivity index (χ1) is 35.0. The summed E-state index contributed by atoms with van der Waals surface area (Å²) in [5.41, 5.74) is 14.6. The first-order valence-corrected chi connectivity index (χ1v) is 24.4. The maximum absolute atomic E-state index is 5.49. The zero-order valence-corrected chi connectivity index (χ0v) is 39.1. The van der Waals surface area contributed by atoms with E-state index in [-0.39, 0.29) is 5.41 Å². The van der Waals surface area contributed by atoms with Crippen molar-refractivity contribution in [1.29, 1.82) is 0 Å². The lowest BCUT2D eigenvalue weighted by Crippen LogP contribution is -2.15. The quantitative estimate of drug-likeness (QED) is 0.162. The zero-order valence-electron chi connectivity index (χ0n) is 39.1. The number of rotatable bonds is 5. The third kappa shape index (κ3) is 5.78. The Morgan fingerprint density at radius 1 is 0.310 bits per heavy atom. The fourth-order valence-corrected chi connectivity index (χ4v) is 12.0. The largest absolute Gasteiger partial charge is 0.307 e. The summed E-state index contributed by atoms with van der Waals surface area (Å²) >= 11 is 0. The van der Waals surface area contributed by atoms with Gasteiger partial charge in [-0.05, 0) is 102 Å². The van der Waals surface area contributed by atoms with Gasteiger partial charge in [-0.15, -0.1) is 0 Å². The van der Waals surface area contributed by atoms with E-state index in [9.17, 15) is 0 Å². The molecule has 0 bridgehead atoms. The molecule has 0 spiro atoms. The second-order valence-corrected chi connectivity index (χ2v) is 19.5. The topological polar surface area (TPSA) is 48.5 Å². The molecule has 5 nitrogen and oxygen atoms in total. The highest BCUT2D eigenvalue weighted by molar-refractivity contribution is 6.26. The van der Waals surface area contributed by atoms with Gasteiger partial charge in [0, 0.05) is 43.8 Å². The number of hydrogen-bond donors (Lipinski definition) is 0. The van der Waals surface area contributed by atoms with Gasteiger partial charge in [-0.25, -0.2) is 4.98 Å². The molecule has 0 amide bonds. The lowest BCUT2D eigenvalue weighted by Gasteiger charge is -2.21. The summed E-state index contributed by atoms with van der Waals surface area (Å²) in [6.07, 6.45) is 0. The number of nitrogens with zero attached hydrogens (tertiary/aromatic N) is 5. The van der Waals surface area contributed by atoms with E-state index in [2.05, 4.69) is 229 Å². The van der Waals surface area contributed by atoms with E-state index in [0.717, 1.165) is 60.6 Å². The normalized spacial score (nSPS) is 13.0. The summed E-state index contributed by atoms with van der Waals surface area (Å²) in [5, 5.41) is 12.3. The van der Waals surface area contributed by atoms with Crippen LogP contribution in [0.2, 0.25) is 0 Å². The van der Waals surface area contributed by atoms with Gasteiger partial charge in [0.1, 0.15) is 0 Å². The average molecular weight is 906 g/mol. The highest BCUT2D eigenvalue weighted by atomic mass is 15.2. The predicted octanol–water partition coefficient (Wildman–Crippen LogP) is 16.8. The van der Waals surface area contributed by atoms with Crippen LogP contribution in [0.3, 0.4) is 0 Å². The maximum atomic E-state index is 5.49. The van der Waals surface area contributed by atoms with E-state index in [4.69, 9.17) is 15.0 Å². The monoisotopic (exact) mass is 905 g/mol. The van der Waals surface area contributed by atoms with E-state index in [0.29, 0.717) is 17.6 Å². The minimum absolute atomic E-state index is 0.177. The first kappa shape index (κ1) is 39.8. The van der Waals surface area contributed by atoms with Crippen molar-refractivity contribution in [2.75, 3.05) is 0 Å². The fraction of sp³-hybridized carbons (Fsp3) is 0.0455. The Hall–Kier alpha value is -9.19. The van der Waals surface area contributed by atoms with Crippen molar-refractivity contribution >= 4 is 75.9 Å². The van der Waals surface area contributed by atoms with Gasteiger partial charge in [-0.1, -0.05) is 202 Å². The molecule has 0 aliphatic heterocycles. The minimum Gasteiger partial charge on any atom is -0.307 e. The van der Waals surface area contributed by atoms with E-state index in [1.165, 1.54) is 65.5 Å². The maximum Gasteiger partial charge on any atom is 0.238 e. The molecule has 3 heterocycles.